The summed E-state index contributed by atoms with van der Waals surface area (Å²) in [5.41, 5.74) is 1.89. The summed E-state index contributed by atoms with van der Waals surface area (Å²) in [7, 11) is 0. The minimum absolute atomic E-state index is 0.148. The van der Waals surface area contributed by atoms with Crippen LogP contribution in [-0.2, 0) is 14.3 Å². The predicted molar refractivity (Wildman–Crippen MR) is 52.8 cm³/mol. The summed E-state index contributed by atoms with van der Waals surface area (Å²) < 4.78 is 4.87. The Kier molecular flexibility index (Phi) is 3.86. The maximum absolute atomic E-state index is 11.5. The van der Waals surface area contributed by atoms with Crippen molar-refractivity contribution in [3.8, 4) is 0 Å². The van der Waals surface area contributed by atoms with Gasteiger partial charge in [-0.1, -0.05) is 12.5 Å². The minimum Gasteiger partial charge on any atom is -0.461 e. The van der Waals surface area contributed by atoms with Crippen LogP contribution in [0.3, 0.4) is 0 Å². The first kappa shape index (κ1) is 11.0. The zero-order valence-electron chi connectivity index (χ0n) is 8.76. The van der Waals surface area contributed by atoms with Crippen molar-refractivity contribution in [3.05, 3.63) is 11.1 Å². The van der Waals surface area contributed by atoms with E-state index in [1.165, 1.54) is 6.92 Å². The molecule has 0 aromatic carbocycles. The molecule has 0 atom stereocenters. The van der Waals surface area contributed by atoms with Crippen LogP contribution in [0.5, 0.6) is 0 Å². The first-order valence-corrected chi connectivity index (χ1v) is 5.02. The Morgan fingerprint density at radius 1 is 1.43 bits per heavy atom. The third-order valence-corrected chi connectivity index (χ3v) is 2.49. The number of allylic oxidation sites excluding steroid dienone is 1. The lowest BCUT2D eigenvalue weighted by molar-refractivity contribution is -0.140. The zero-order valence-corrected chi connectivity index (χ0v) is 8.76. The predicted octanol–water partition coefficient (Wildman–Crippen LogP) is 2.01. The number of carbonyl (C=O) groups is 2. The average molecular weight is 196 g/mol. The highest BCUT2D eigenvalue weighted by Gasteiger charge is 2.19. The highest BCUT2D eigenvalue weighted by atomic mass is 16.5. The molecule has 14 heavy (non-hydrogen) atoms. The van der Waals surface area contributed by atoms with Gasteiger partial charge in [-0.3, -0.25) is 9.59 Å². The number of Topliss-reactive ketones (excluding diaryl/α,β-unsaturated/α-hetero) is 1. The standard InChI is InChI=1S/C11H16O3/c1-3-9-5-4-6-11(13)10(9)7-14-8(2)12/h3-7H2,1-2H3. The van der Waals surface area contributed by atoms with Gasteiger partial charge in [0.1, 0.15) is 6.61 Å². The number of rotatable bonds is 3. The van der Waals surface area contributed by atoms with Crippen LogP contribution in [0.4, 0.5) is 0 Å². The summed E-state index contributed by atoms with van der Waals surface area (Å²) >= 11 is 0. The van der Waals surface area contributed by atoms with E-state index in [1.807, 2.05) is 6.92 Å². The Labute approximate surface area is 84.1 Å². The number of carbonyl (C=O) groups excluding carboxylic acids is 2. The van der Waals surface area contributed by atoms with E-state index in [1.54, 1.807) is 0 Å². The lowest BCUT2D eigenvalue weighted by Gasteiger charge is -2.17. The van der Waals surface area contributed by atoms with Gasteiger partial charge in [-0.05, 0) is 19.3 Å². The van der Waals surface area contributed by atoms with Crippen molar-refractivity contribution >= 4 is 11.8 Å². The SMILES string of the molecule is CCC1=C(COC(C)=O)C(=O)CCC1. The first-order chi connectivity index (χ1) is 6.65. The second-order valence-corrected chi connectivity index (χ2v) is 3.49. The van der Waals surface area contributed by atoms with Crippen molar-refractivity contribution < 1.29 is 14.3 Å². The van der Waals surface area contributed by atoms with Crippen molar-refractivity contribution in [1.82, 2.24) is 0 Å². The average Bonchev–Trinajstić information content (AvgIpc) is 2.15. The van der Waals surface area contributed by atoms with E-state index in [0.29, 0.717) is 6.42 Å². The summed E-state index contributed by atoms with van der Waals surface area (Å²) in [5, 5.41) is 0. The molecule has 0 saturated heterocycles. The summed E-state index contributed by atoms with van der Waals surface area (Å²) in [5.74, 6) is -0.180. The van der Waals surface area contributed by atoms with Gasteiger partial charge in [0.05, 0.1) is 0 Å². The highest BCUT2D eigenvalue weighted by Crippen LogP contribution is 2.24. The van der Waals surface area contributed by atoms with Gasteiger partial charge in [-0.2, -0.15) is 0 Å². The Morgan fingerprint density at radius 2 is 2.14 bits per heavy atom. The smallest absolute Gasteiger partial charge is 0.302 e. The van der Waals surface area contributed by atoms with E-state index >= 15 is 0 Å². The Balaban J connectivity index is 2.72. The van der Waals surface area contributed by atoms with Gasteiger partial charge >= 0.3 is 5.97 Å². The van der Waals surface area contributed by atoms with Crippen LogP contribution < -0.4 is 0 Å². The number of hydrogen-bond donors (Lipinski definition) is 0. The third kappa shape index (κ3) is 2.69. The molecule has 0 aromatic rings. The van der Waals surface area contributed by atoms with E-state index in [4.69, 9.17) is 4.74 Å². The molecule has 78 valence electrons. The molecule has 0 aromatic heterocycles. The zero-order chi connectivity index (χ0) is 10.6. The summed E-state index contributed by atoms with van der Waals surface area (Å²) in [6.45, 7) is 3.55. The molecule has 0 radical (unpaired) electrons. The van der Waals surface area contributed by atoms with Gasteiger partial charge in [0.25, 0.3) is 0 Å². The summed E-state index contributed by atoms with van der Waals surface area (Å²) in [6.07, 6.45) is 3.38. The molecule has 0 amide bonds. The fraction of sp³-hybridized carbons (Fsp3) is 0.636. The van der Waals surface area contributed by atoms with Crippen molar-refractivity contribution in [1.29, 1.82) is 0 Å². The molecule has 0 saturated carbocycles. The van der Waals surface area contributed by atoms with Crippen LogP contribution in [0.15, 0.2) is 11.1 Å². The lowest BCUT2D eigenvalue weighted by atomic mass is 9.90. The summed E-state index contributed by atoms with van der Waals surface area (Å²) in [6, 6.07) is 0. The van der Waals surface area contributed by atoms with E-state index in [2.05, 4.69) is 0 Å². The normalized spacial score (nSPS) is 17.1. The number of ketones is 1. The van der Waals surface area contributed by atoms with Crippen molar-refractivity contribution in [3.63, 3.8) is 0 Å². The van der Waals surface area contributed by atoms with Gasteiger partial charge < -0.3 is 4.74 Å². The second-order valence-electron chi connectivity index (χ2n) is 3.49. The lowest BCUT2D eigenvalue weighted by Crippen LogP contribution is -2.17. The Bertz CT molecular complexity index is 276. The van der Waals surface area contributed by atoms with Crippen LogP contribution in [-0.4, -0.2) is 18.4 Å². The third-order valence-electron chi connectivity index (χ3n) is 2.49. The second kappa shape index (κ2) is 4.94. The van der Waals surface area contributed by atoms with Crippen molar-refractivity contribution in [2.24, 2.45) is 0 Å². The van der Waals surface area contributed by atoms with Gasteiger partial charge in [-0.15, -0.1) is 0 Å². The molecule has 0 aliphatic heterocycles. The largest absolute Gasteiger partial charge is 0.461 e. The van der Waals surface area contributed by atoms with Crippen LogP contribution in [0.1, 0.15) is 39.5 Å². The molecule has 0 fully saturated rings. The fourth-order valence-corrected chi connectivity index (χ4v) is 1.71. The van der Waals surface area contributed by atoms with E-state index in [-0.39, 0.29) is 18.4 Å². The number of ether oxygens (including phenoxy) is 1. The fourth-order valence-electron chi connectivity index (χ4n) is 1.71. The molecular formula is C11H16O3. The quantitative estimate of drug-likeness (QED) is 0.648. The van der Waals surface area contributed by atoms with Crippen LogP contribution in [0.2, 0.25) is 0 Å². The van der Waals surface area contributed by atoms with E-state index in [0.717, 1.165) is 30.4 Å². The monoisotopic (exact) mass is 196 g/mol. The molecule has 0 bridgehead atoms. The maximum atomic E-state index is 11.5. The van der Waals surface area contributed by atoms with E-state index in [9.17, 15) is 9.59 Å². The molecule has 3 nitrogen and oxygen atoms in total. The van der Waals surface area contributed by atoms with Gasteiger partial charge in [-0.25, -0.2) is 0 Å². The van der Waals surface area contributed by atoms with Gasteiger partial charge in [0.15, 0.2) is 5.78 Å². The molecule has 0 spiro atoms. The molecule has 1 aliphatic rings. The Hall–Kier alpha value is -1.12. The topological polar surface area (TPSA) is 43.4 Å². The molecular weight excluding hydrogens is 180 g/mol. The van der Waals surface area contributed by atoms with Gasteiger partial charge in [0, 0.05) is 18.9 Å². The molecule has 1 aliphatic carbocycles. The number of esters is 1. The minimum atomic E-state index is -0.327. The number of hydrogen-bond acceptors (Lipinski definition) is 3. The van der Waals surface area contributed by atoms with Crippen molar-refractivity contribution in [2.45, 2.75) is 39.5 Å². The summed E-state index contributed by atoms with van der Waals surface area (Å²) in [4.78, 5) is 22.2. The molecule has 0 N–H and O–H groups in total. The van der Waals surface area contributed by atoms with Gasteiger partial charge in [0.2, 0.25) is 0 Å². The van der Waals surface area contributed by atoms with Crippen LogP contribution in [0, 0.1) is 0 Å². The molecule has 0 unspecified atom stereocenters. The maximum Gasteiger partial charge on any atom is 0.302 e. The Morgan fingerprint density at radius 3 is 2.71 bits per heavy atom. The van der Waals surface area contributed by atoms with E-state index < -0.39 is 0 Å². The highest BCUT2D eigenvalue weighted by molar-refractivity contribution is 5.97. The van der Waals surface area contributed by atoms with Crippen LogP contribution in [0.25, 0.3) is 0 Å². The molecule has 3 heteroatoms. The molecule has 0 heterocycles. The van der Waals surface area contributed by atoms with Crippen molar-refractivity contribution in [2.75, 3.05) is 6.61 Å². The first-order valence-electron chi connectivity index (χ1n) is 5.02. The molecule has 1 rings (SSSR count). The van der Waals surface area contributed by atoms with Crippen LogP contribution >= 0.6 is 0 Å².